The van der Waals surface area contributed by atoms with Crippen LogP contribution in [0, 0.1) is 18.7 Å². The van der Waals surface area contributed by atoms with Gasteiger partial charge in [0.1, 0.15) is 5.82 Å². The number of nitrogens with zero attached hydrogens (tertiary/aromatic N) is 1. The van der Waals surface area contributed by atoms with Crippen LogP contribution in [0.25, 0.3) is 0 Å². The summed E-state index contributed by atoms with van der Waals surface area (Å²) in [4.78, 5) is 25.3. The van der Waals surface area contributed by atoms with E-state index < -0.39 is 23.5 Å². The summed E-state index contributed by atoms with van der Waals surface area (Å²) in [5.74, 6) is -2.47. The van der Waals surface area contributed by atoms with Gasteiger partial charge in [0.25, 0.3) is 0 Å². The van der Waals surface area contributed by atoms with Crippen LogP contribution in [0.2, 0.25) is 0 Å². The number of aryl methyl sites for hydroxylation is 1. The first kappa shape index (κ1) is 15.5. The highest BCUT2D eigenvalue weighted by Crippen LogP contribution is 2.42. The van der Waals surface area contributed by atoms with Crippen LogP contribution in [0.3, 0.4) is 0 Å². The van der Waals surface area contributed by atoms with Crippen LogP contribution in [0.5, 0.6) is 0 Å². The van der Waals surface area contributed by atoms with Crippen molar-refractivity contribution in [3.8, 4) is 0 Å². The van der Waals surface area contributed by atoms with Gasteiger partial charge in [-0.2, -0.15) is 0 Å². The molecule has 1 fully saturated rings. The molecule has 0 aromatic heterocycles. The zero-order valence-corrected chi connectivity index (χ0v) is 12.7. The van der Waals surface area contributed by atoms with Gasteiger partial charge in [-0.3, -0.25) is 9.59 Å². The van der Waals surface area contributed by atoms with E-state index in [0.29, 0.717) is 11.1 Å². The number of carbonyl (C=O) groups is 2. The van der Waals surface area contributed by atoms with Crippen LogP contribution < -0.4 is 0 Å². The summed E-state index contributed by atoms with van der Waals surface area (Å²) in [5, 5.41) is 9.40. The molecule has 1 aromatic rings. The van der Waals surface area contributed by atoms with E-state index in [9.17, 15) is 19.1 Å². The number of benzene rings is 1. The lowest BCUT2D eigenvalue weighted by molar-refractivity contribution is -0.142. The molecule has 114 valence electrons. The molecule has 1 aliphatic rings. The summed E-state index contributed by atoms with van der Waals surface area (Å²) in [7, 11) is 0. The monoisotopic (exact) mass is 293 g/mol. The van der Waals surface area contributed by atoms with Crippen molar-refractivity contribution < 1.29 is 19.1 Å². The highest BCUT2D eigenvalue weighted by atomic mass is 19.1. The molecule has 1 aromatic carbocycles. The molecular formula is C16H20FNO3. The molecular weight excluding hydrogens is 273 g/mol. The van der Waals surface area contributed by atoms with Crippen LogP contribution in [0.15, 0.2) is 18.2 Å². The molecule has 2 rings (SSSR count). The fourth-order valence-corrected chi connectivity index (χ4v) is 2.92. The Kier molecular flexibility index (Phi) is 3.78. The van der Waals surface area contributed by atoms with Gasteiger partial charge in [-0.1, -0.05) is 12.1 Å². The first-order chi connectivity index (χ1) is 9.62. The van der Waals surface area contributed by atoms with E-state index in [2.05, 4.69) is 0 Å². The fourth-order valence-electron chi connectivity index (χ4n) is 2.92. The van der Waals surface area contributed by atoms with E-state index in [1.165, 1.54) is 6.07 Å². The van der Waals surface area contributed by atoms with Crippen molar-refractivity contribution in [1.29, 1.82) is 0 Å². The van der Waals surface area contributed by atoms with Crippen LogP contribution >= 0.6 is 0 Å². The van der Waals surface area contributed by atoms with E-state index >= 15 is 0 Å². The summed E-state index contributed by atoms with van der Waals surface area (Å²) >= 11 is 0. The summed E-state index contributed by atoms with van der Waals surface area (Å²) in [5.41, 5.74) is 0.511. The summed E-state index contributed by atoms with van der Waals surface area (Å²) in [6.45, 7) is 7.21. The van der Waals surface area contributed by atoms with E-state index in [0.717, 1.165) is 0 Å². The first-order valence-corrected chi connectivity index (χ1v) is 6.94. The molecule has 0 radical (unpaired) electrons. The molecule has 0 bridgehead atoms. The number of carboxylic acids is 1. The summed E-state index contributed by atoms with van der Waals surface area (Å²) in [6.07, 6.45) is -0.0488. The third-order valence-electron chi connectivity index (χ3n) is 3.90. The molecule has 1 saturated heterocycles. The van der Waals surface area contributed by atoms with Gasteiger partial charge in [0.2, 0.25) is 5.91 Å². The maximum absolute atomic E-state index is 13.8. The minimum Gasteiger partial charge on any atom is -0.481 e. The Morgan fingerprint density at radius 2 is 2.00 bits per heavy atom. The number of carbonyl (C=O) groups excluding carboxylic acids is 1. The number of amides is 1. The molecule has 2 unspecified atom stereocenters. The van der Waals surface area contributed by atoms with Crippen LogP contribution in [-0.4, -0.2) is 27.4 Å². The number of likely N-dealkylation sites (tertiary alicyclic amines) is 1. The SMILES string of the molecule is Cc1ccc(C2C(C(=O)O)CC(=O)N2C(C)(C)C)cc1F. The smallest absolute Gasteiger partial charge is 0.309 e. The zero-order valence-electron chi connectivity index (χ0n) is 12.7. The molecule has 4 nitrogen and oxygen atoms in total. The Bertz CT molecular complexity index is 592. The second-order valence-electron chi connectivity index (χ2n) is 6.54. The predicted molar refractivity (Wildman–Crippen MR) is 76.2 cm³/mol. The standard InChI is InChI=1S/C16H20FNO3/c1-9-5-6-10(7-12(9)17)14-11(15(20)21)8-13(19)18(14)16(2,3)4/h5-7,11,14H,8H2,1-4H3,(H,20,21). The van der Waals surface area contributed by atoms with Gasteiger partial charge in [0, 0.05) is 12.0 Å². The molecule has 1 aliphatic heterocycles. The Morgan fingerprint density at radius 1 is 1.38 bits per heavy atom. The molecule has 1 heterocycles. The van der Waals surface area contributed by atoms with Gasteiger partial charge in [-0.15, -0.1) is 0 Å². The number of aliphatic carboxylic acids is 1. The lowest BCUT2D eigenvalue weighted by atomic mass is 9.91. The second-order valence-corrected chi connectivity index (χ2v) is 6.54. The molecule has 1 amide bonds. The van der Waals surface area contributed by atoms with Crippen molar-refractivity contribution in [2.75, 3.05) is 0 Å². The number of halogens is 1. The Morgan fingerprint density at radius 3 is 2.48 bits per heavy atom. The zero-order chi connectivity index (χ0) is 15.9. The maximum Gasteiger partial charge on any atom is 0.309 e. The van der Waals surface area contributed by atoms with Crippen LogP contribution in [0.1, 0.15) is 44.4 Å². The van der Waals surface area contributed by atoms with Gasteiger partial charge < -0.3 is 10.0 Å². The molecule has 2 atom stereocenters. The molecule has 0 saturated carbocycles. The van der Waals surface area contributed by atoms with Crippen molar-refractivity contribution in [2.24, 2.45) is 5.92 Å². The average Bonchev–Trinajstić information content (AvgIpc) is 2.70. The number of hydrogen-bond acceptors (Lipinski definition) is 2. The van der Waals surface area contributed by atoms with Crippen molar-refractivity contribution in [1.82, 2.24) is 4.90 Å². The van der Waals surface area contributed by atoms with Gasteiger partial charge in [-0.25, -0.2) is 4.39 Å². The largest absolute Gasteiger partial charge is 0.481 e. The Labute approximate surface area is 123 Å². The molecule has 0 aliphatic carbocycles. The fraction of sp³-hybridized carbons (Fsp3) is 0.500. The third kappa shape index (κ3) is 2.77. The van der Waals surface area contributed by atoms with Crippen molar-refractivity contribution in [3.63, 3.8) is 0 Å². The van der Waals surface area contributed by atoms with Crippen molar-refractivity contribution >= 4 is 11.9 Å². The summed E-state index contributed by atoms with van der Waals surface area (Å²) in [6, 6.07) is 4.03. The highest BCUT2D eigenvalue weighted by Gasteiger charge is 2.48. The number of hydrogen-bond donors (Lipinski definition) is 1. The first-order valence-electron chi connectivity index (χ1n) is 6.94. The van der Waals surface area contributed by atoms with Crippen LogP contribution in [0.4, 0.5) is 4.39 Å². The molecule has 1 N–H and O–H groups in total. The van der Waals surface area contributed by atoms with Gasteiger partial charge in [-0.05, 0) is 44.9 Å². The lowest BCUT2D eigenvalue weighted by Gasteiger charge is -2.38. The predicted octanol–water partition coefficient (Wildman–Crippen LogP) is 2.91. The lowest BCUT2D eigenvalue weighted by Crippen LogP contribution is -2.44. The second kappa shape index (κ2) is 5.13. The number of carboxylic acid groups (broad SMARTS) is 1. The minimum absolute atomic E-state index is 0.0488. The minimum atomic E-state index is -1.03. The Hall–Kier alpha value is -1.91. The van der Waals surface area contributed by atoms with Crippen LogP contribution in [-0.2, 0) is 9.59 Å². The van der Waals surface area contributed by atoms with E-state index in [4.69, 9.17) is 0 Å². The molecule has 21 heavy (non-hydrogen) atoms. The Balaban J connectivity index is 2.54. The van der Waals surface area contributed by atoms with Crippen molar-refractivity contribution in [3.05, 3.63) is 35.1 Å². The van der Waals surface area contributed by atoms with E-state index in [1.54, 1.807) is 24.0 Å². The van der Waals surface area contributed by atoms with Gasteiger partial charge in [0.15, 0.2) is 0 Å². The number of rotatable bonds is 2. The maximum atomic E-state index is 13.8. The van der Waals surface area contributed by atoms with Crippen molar-refractivity contribution in [2.45, 2.75) is 45.7 Å². The summed E-state index contributed by atoms with van der Waals surface area (Å²) < 4.78 is 13.8. The molecule has 0 spiro atoms. The van der Waals surface area contributed by atoms with E-state index in [1.807, 2.05) is 20.8 Å². The third-order valence-corrected chi connectivity index (χ3v) is 3.90. The topological polar surface area (TPSA) is 57.6 Å². The average molecular weight is 293 g/mol. The highest BCUT2D eigenvalue weighted by molar-refractivity contribution is 5.87. The normalized spacial score (nSPS) is 22.7. The van der Waals surface area contributed by atoms with E-state index in [-0.39, 0.29) is 18.1 Å². The van der Waals surface area contributed by atoms with Gasteiger partial charge in [0.05, 0.1) is 12.0 Å². The van der Waals surface area contributed by atoms with Gasteiger partial charge >= 0.3 is 5.97 Å². The quantitative estimate of drug-likeness (QED) is 0.912. The molecule has 5 heteroatoms.